The van der Waals surface area contributed by atoms with Crippen molar-refractivity contribution in [3.05, 3.63) is 23.8 Å². The van der Waals surface area contributed by atoms with Crippen LogP contribution in [0.1, 0.15) is 12.0 Å². The van der Waals surface area contributed by atoms with Gasteiger partial charge in [-0.25, -0.2) is 0 Å². The van der Waals surface area contributed by atoms with Crippen LogP contribution in [0.25, 0.3) is 0 Å². The normalized spacial score (nSPS) is 10.2. The molecule has 0 fully saturated rings. The zero-order chi connectivity index (χ0) is 13.4. The van der Waals surface area contributed by atoms with Crippen molar-refractivity contribution in [1.29, 1.82) is 5.26 Å². The van der Waals surface area contributed by atoms with Crippen LogP contribution in [0.4, 0.5) is 0 Å². The zero-order valence-corrected chi connectivity index (χ0v) is 11.3. The maximum Gasteiger partial charge on any atom is 0.160 e. The summed E-state index contributed by atoms with van der Waals surface area (Å²) in [7, 11) is 5.30. The molecule has 0 bridgehead atoms. The smallest absolute Gasteiger partial charge is 0.160 e. The molecule has 1 rings (SSSR count). The van der Waals surface area contributed by atoms with Crippen LogP contribution < -0.4 is 9.47 Å². The minimum atomic E-state index is 0.572. The van der Waals surface area contributed by atoms with E-state index in [1.54, 1.807) is 14.2 Å². The predicted octanol–water partition coefficient (Wildman–Crippen LogP) is 2.09. The van der Waals surface area contributed by atoms with E-state index in [1.807, 2.05) is 25.2 Å². The van der Waals surface area contributed by atoms with Gasteiger partial charge in [-0.3, -0.25) is 0 Å². The third kappa shape index (κ3) is 4.27. The molecular weight excluding hydrogens is 228 g/mol. The average Bonchev–Trinajstić information content (AvgIpc) is 2.42. The molecule has 0 N–H and O–H groups in total. The Kier molecular flexibility index (Phi) is 6.03. The van der Waals surface area contributed by atoms with Crippen molar-refractivity contribution in [2.45, 2.75) is 12.8 Å². The molecule has 0 aromatic heterocycles. The molecule has 98 valence electrons. The van der Waals surface area contributed by atoms with Gasteiger partial charge in [0.1, 0.15) is 0 Å². The first kappa shape index (κ1) is 14.3. The van der Waals surface area contributed by atoms with Crippen molar-refractivity contribution < 1.29 is 9.47 Å². The molecule has 0 aliphatic heterocycles. The molecule has 0 aliphatic carbocycles. The molecule has 0 heterocycles. The van der Waals surface area contributed by atoms with E-state index in [0.717, 1.165) is 31.0 Å². The lowest BCUT2D eigenvalue weighted by Crippen LogP contribution is -2.22. The number of likely N-dealkylation sites (N-methyl/N-ethyl adjacent to an activating group) is 1. The van der Waals surface area contributed by atoms with Gasteiger partial charge in [0.25, 0.3) is 0 Å². The van der Waals surface area contributed by atoms with Gasteiger partial charge in [0.15, 0.2) is 11.5 Å². The van der Waals surface area contributed by atoms with E-state index in [0.29, 0.717) is 6.42 Å². The van der Waals surface area contributed by atoms with E-state index in [2.05, 4.69) is 11.0 Å². The maximum absolute atomic E-state index is 8.52. The van der Waals surface area contributed by atoms with Gasteiger partial charge in [-0.05, 0) is 31.2 Å². The number of benzene rings is 1. The van der Waals surface area contributed by atoms with Crippen molar-refractivity contribution in [3.8, 4) is 17.6 Å². The summed E-state index contributed by atoms with van der Waals surface area (Å²) in [4.78, 5) is 2.15. The van der Waals surface area contributed by atoms with Gasteiger partial charge in [0.05, 0.1) is 20.3 Å². The summed E-state index contributed by atoms with van der Waals surface area (Å²) in [5.74, 6) is 1.51. The summed E-state index contributed by atoms with van der Waals surface area (Å²) in [5, 5.41) is 8.52. The molecule has 0 radical (unpaired) electrons. The monoisotopic (exact) mass is 248 g/mol. The SMILES string of the molecule is COc1ccc(CCN(C)CCC#N)cc1OC. The molecule has 4 nitrogen and oxygen atoms in total. The second-order valence-electron chi connectivity index (χ2n) is 4.15. The molecule has 0 atom stereocenters. The molecule has 18 heavy (non-hydrogen) atoms. The summed E-state index contributed by atoms with van der Waals surface area (Å²) in [6.07, 6.45) is 1.50. The van der Waals surface area contributed by atoms with Gasteiger partial charge in [-0.1, -0.05) is 6.07 Å². The van der Waals surface area contributed by atoms with E-state index >= 15 is 0 Å². The van der Waals surface area contributed by atoms with E-state index in [-0.39, 0.29) is 0 Å². The molecule has 0 aliphatic rings. The molecule has 1 aromatic carbocycles. The molecule has 4 heteroatoms. The second kappa shape index (κ2) is 7.57. The fourth-order valence-corrected chi connectivity index (χ4v) is 1.71. The van der Waals surface area contributed by atoms with E-state index in [1.165, 1.54) is 5.56 Å². The van der Waals surface area contributed by atoms with Crippen molar-refractivity contribution in [1.82, 2.24) is 4.90 Å². The lowest BCUT2D eigenvalue weighted by atomic mass is 10.1. The molecule has 0 saturated carbocycles. The summed E-state index contributed by atoms with van der Waals surface area (Å²) in [5.41, 5.74) is 1.21. The molecule has 1 aromatic rings. The Bertz CT molecular complexity index is 413. The first-order valence-electron chi connectivity index (χ1n) is 5.97. The van der Waals surface area contributed by atoms with Gasteiger partial charge in [-0.2, -0.15) is 5.26 Å². The van der Waals surface area contributed by atoms with E-state index in [4.69, 9.17) is 14.7 Å². The van der Waals surface area contributed by atoms with Crippen LogP contribution in [0, 0.1) is 11.3 Å². The highest BCUT2D eigenvalue weighted by Gasteiger charge is 2.05. The summed E-state index contributed by atoms with van der Waals surface area (Å²) in [6.45, 7) is 1.74. The topological polar surface area (TPSA) is 45.5 Å². The van der Waals surface area contributed by atoms with Crippen molar-refractivity contribution in [3.63, 3.8) is 0 Å². The van der Waals surface area contributed by atoms with Crippen LogP contribution in [0.5, 0.6) is 11.5 Å². The summed E-state index contributed by atoms with van der Waals surface area (Å²) in [6, 6.07) is 8.11. The Balaban J connectivity index is 2.55. The number of ether oxygens (including phenoxy) is 2. The Morgan fingerprint density at radius 1 is 1.17 bits per heavy atom. The third-order valence-electron chi connectivity index (χ3n) is 2.84. The highest BCUT2D eigenvalue weighted by atomic mass is 16.5. The average molecular weight is 248 g/mol. The van der Waals surface area contributed by atoms with Crippen molar-refractivity contribution in [2.75, 3.05) is 34.4 Å². The highest BCUT2D eigenvalue weighted by molar-refractivity contribution is 5.42. The molecular formula is C14H20N2O2. The van der Waals surface area contributed by atoms with Gasteiger partial charge in [-0.15, -0.1) is 0 Å². The minimum absolute atomic E-state index is 0.572. The van der Waals surface area contributed by atoms with Gasteiger partial charge >= 0.3 is 0 Å². The lowest BCUT2D eigenvalue weighted by Gasteiger charge is -2.15. The fourth-order valence-electron chi connectivity index (χ4n) is 1.71. The Morgan fingerprint density at radius 2 is 1.89 bits per heavy atom. The quantitative estimate of drug-likeness (QED) is 0.741. The number of methoxy groups -OCH3 is 2. The molecule has 0 amide bonds. The summed E-state index contributed by atoms with van der Waals surface area (Å²) >= 11 is 0. The van der Waals surface area contributed by atoms with Crippen LogP contribution in [0.2, 0.25) is 0 Å². The van der Waals surface area contributed by atoms with Gasteiger partial charge < -0.3 is 14.4 Å². The third-order valence-corrected chi connectivity index (χ3v) is 2.84. The maximum atomic E-state index is 8.52. The zero-order valence-electron chi connectivity index (χ0n) is 11.3. The van der Waals surface area contributed by atoms with Crippen molar-refractivity contribution in [2.24, 2.45) is 0 Å². The first-order chi connectivity index (χ1) is 8.71. The van der Waals surface area contributed by atoms with Crippen LogP contribution in [0.15, 0.2) is 18.2 Å². The Morgan fingerprint density at radius 3 is 2.50 bits per heavy atom. The van der Waals surface area contributed by atoms with Crippen LogP contribution in [-0.2, 0) is 6.42 Å². The van der Waals surface area contributed by atoms with E-state index < -0.39 is 0 Å². The van der Waals surface area contributed by atoms with Gasteiger partial charge in [0, 0.05) is 19.5 Å². The van der Waals surface area contributed by atoms with Crippen LogP contribution in [0.3, 0.4) is 0 Å². The van der Waals surface area contributed by atoms with Crippen LogP contribution in [-0.4, -0.2) is 39.3 Å². The highest BCUT2D eigenvalue weighted by Crippen LogP contribution is 2.27. The summed E-state index contributed by atoms with van der Waals surface area (Å²) < 4.78 is 10.5. The fraction of sp³-hybridized carbons (Fsp3) is 0.500. The first-order valence-corrected chi connectivity index (χ1v) is 5.97. The lowest BCUT2D eigenvalue weighted by molar-refractivity contribution is 0.343. The molecule has 0 spiro atoms. The van der Waals surface area contributed by atoms with Crippen LogP contribution >= 0.6 is 0 Å². The number of nitriles is 1. The second-order valence-corrected chi connectivity index (χ2v) is 4.15. The van der Waals surface area contributed by atoms with Gasteiger partial charge in [0.2, 0.25) is 0 Å². The standard InChI is InChI=1S/C14H20N2O2/c1-16(9-4-8-15)10-7-12-5-6-13(17-2)14(11-12)18-3/h5-6,11H,4,7,9-10H2,1-3H3. The van der Waals surface area contributed by atoms with E-state index in [9.17, 15) is 0 Å². The minimum Gasteiger partial charge on any atom is -0.493 e. The van der Waals surface area contributed by atoms with Crippen molar-refractivity contribution >= 4 is 0 Å². The predicted molar refractivity (Wildman–Crippen MR) is 71.0 cm³/mol. The molecule has 0 unspecified atom stereocenters. The largest absolute Gasteiger partial charge is 0.493 e. The molecule has 0 saturated heterocycles. The Hall–Kier alpha value is -1.73. The number of hydrogen-bond donors (Lipinski definition) is 0. The number of hydrogen-bond acceptors (Lipinski definition) is 4. The Labute approximate surface area is 109 Å². The number of nitrogens with zero attached hydrogens (tertiary/aromatic N) is 2. The number of rotatable bonds is 7.